The quantitative estimate of drug-likeness (QED) is 0.702. The van der Waals surface area contributed by atoms with E-state index in [0.717, 1.165) is 25.3 Å². The summed E-state index contributed by atoms with van der Waals surface area (Å²) in [6.07, 6.45) is 1.31. The van der Waals surface area contributed by atoms with Crippen LogP contribution in [0.2, 0.25) is 0 Å². The van der Waals surface area contributed by atoms with Crippen LogP contribution in [0.5, 0.6) is 5.75 Å². The lowest BCUT2D eigenvalue weighted by Gasteiger charge is -2.23. The van der Waals surface area contributed by atoms with Gasteiger partial charge in [0.15, 0.2) is 0 Å². The summed E-state index contributed by atoms with van der Waals surface area (Å²) in [6.45, 7) is 13.1. The molecule has 3 heteroatoms. The molecular weight excluding hydrogens is 262 g/mol. The van der Waals surface area contributed by atoms with Gasteiger partial charge in [-0.1, -0.05) is 39.8 Å². The maximum Gasteiger partial charge on any atom is 0.119 e. The van der Waals surface area contributed by atoms with Gasteiger partial charge in [-0.2, -0.15) is 0 Å². The van der Waals surface area contributed by atoms with E-state index in [0.29, 0.717) is 12.5 Å². The second-order valence-corrected chi connectivity index (χ2v) is 5.81. The molecule has 0 fully saturated rings. The molecule has 0 saturated carbocycles. The van der Waals surface area contributed by atoms with E-state index < -0.39 is 0 Å². The van der Waals surface area contributed by atoms with Crippen molar-refractivity contribution in [1.29, 1.82) is 0 Å². The van der Waals surface area contributed by atoms with Crippen LogP contribution in [0.15, 0.2) is 24.3 Å². The normalized spacial score (nSPS) is 14.2. The Morgan fingerprint density at radius 2 is 1.71 bits per heavy atom. The van der Waals surface area contributed by atoms with Gasteiger partial charge in [0.2, 0.25) is 0 Å². The van der Waals surface area contributed by atoms with E-state index in [-0.39, 0.29) is 12.1 Å². The molecule has 1 aromatic rings. The smallest absolute Gasteiger partial charge is 0.119 e. The molecule has 0 heterocycles. The topological polar surface area (TPSA) is 30.5 Å². The number of hydrogen-bond donors (Lipinski definition) is 1. The number of benzene rings is 1. The van der Waals surface area contributed by atoms with Crippen LogP contribution in [-0.2, 0) is 4.74 Å². The molecule has 2 unspecified atom stereocenters. The Morgan fingerprint density at radius 1 is 1.05 bits per heavy atom. The molecule has 0 saturated heterocycles. The predicted octanol–water partition coefficient (Wildman–Crippen LogP) is 4.19. The molecule has 0 aliphatic heterocycles. The highest BCUT2D eigenvalue weighted by atomic mass is 16.5. The van der Waals surface area contributed by atoms with Crippen molar-refractivity contribution < 1.29 is 9.47 Å². The zero-order valence-corrected chi connectivity index (χ0v) is 14.2. The number of nitrogens with one attached hydrogen (secondary N) is 1. The summed E-state index contributed by atoms with van der Waals surface area (Å²) in [5, 5.41) is 3.49. The van der Waals surface area contributed by atoms with Crippen molar-refractivity contribution in [1.82, 2.24) is 5.32 Å². The van der Waals surface area contributed by atoms with E-state index in [1.807, 2.05) is 12.1 Å². The molecule has 1 rings (SSSR count). The van der Waals surface area contributed by atoms with Gasteiger partial charge in [0, 0.05) is 0 Å². The highest BCUT2D eigenvalue weighted by molar-refractivity contribution is 5.29. The van der Waals surface area contributed by atoms with Crippen molar-refractivity contribution in [2.24, 2.45) is 5.92 Å². The lowest BCUT2D eigenvalue weighted by atomic mass is 10.1. The average molecular weight is 293 g/mol. The van der Waals surface area contributed by atoms with Gasteiger partial charge in [-0.3, -0.25) is 0 Å². The molecule has 120 valence electrons. The van der Waals surface area contributed by atoms with E-state index in [1.54, 1.807) is 0 Å². The Labute approximate surface area is 130 Å². The maximum absolute atomic E-state index is 5.97. The third kappa shape index (κ3) is 6.49. The van der Waals surface area contributed by atoms with Gasteiger partial charge < -0.3 is 14.8 Å². The molecule has 21 heavy (non-hydrogen) atoms. The molecule has 1 N–H and O–H groups in total. The van der Waals surface area contributed by atoms with Gasteiger partial charge in [-0.25, -0.2) is 0 Å². The van der Waals surface area contributed by atoms with Crippen molar-refractivity contribution in [3.8, 4) is 5.75 Å². The molecule has 0 radical (unpaired) electrons. The fraction of sp³-hybridized carbons (Fsp3) is 0.667. The standard InChI is InChI=1S/C18H31NO2/c1-6-12-20-17-10-8-16(9-11-17)18(19-7-2)13-21-15(5)14(3)4/h8-11,14-15,18-19H,6-7,12-13H2,1-5H3. The van der Waals surface area contributed by atoms with Crippen molar-refractivity contribution in [2.45, 2.75) is 53.2 Å². The lowest BCUT2D eigenvalue weighted by Crippen LogP contribution is -2.28. The monoisotopic (exact) mass is 293 g/mol. The van der Waals surface area contributed by atoms with Crippen molar-refractivity contribution >= 4 is 0 Å². The van der Waals surface area contributed by atoms with Crippen molar-refractivity contribution in [2.75, 3.05) is 19.8 Å². The Balaban J connectivity index is 2.62. The second-order valence-electron chi connectivity index (χ2n) is 5.81. The van der Waals surface area contributed by atoms with Crippen LogP contribution in [0.1, 0.15) is 52.6 Å². The van der Waals surface area contributed by atoms with E-state index in [2.05, 4.69) is 52.1 Å². The largest absolute Gasteiger partial charge is 0.494 e. The highest BCUT2D eigenvalue weighted by Crippen LogP contribution is 2.19. The molecule has 2 atom stereocenters. The van der Waals surface area contributed by atoms with Crippen LogP contribution >= 0.6 is 0 Å². The third-order valence-corrected chi connectivity index (χ3v) is 3.67. The molecular formula is C18H31NO2. The minimum absolute atomic E-state index is 0.233. The summed E-state index contributed by atoms with van der Waals surface area (Å²) in [5.74, 6) is 1.48. The van der Waals surface area contributed by atoms with E-state index in [1.165, 1.54) is 5.56 Å². The summed E-state index contributed by atoms with van der Waals surface area (Å²) in [7, 11) is 0. The van der Waals surface area contributed by atoms with E-state index in [4.69, 9.17) is 9.47 Å². The van der Waals surface area contributed by atoms with Gasteiger partial charge >= 0.3 is 0 Å². The van der Waals surface area contributed by atoms with Gasteiger partial charge in [0.25, 0.3) is 0 Å². The fourth-order valence-corrected chi connectivity index (χ4v) is 1.98. The van der Waals surface area contributed by atoms with Crippen LogP contribution in [0.25, 0.3) is 0 Å². The molecule has 0 spiro atoms. The van der Waals surface area contributed by atoms with Crippen LogP contribution in [-0.4, -0.2) is 25.9 Å². The minimum Gasteiger partial charge on any atom is -0.494 e. The second kappa shape index (κ2) is 9.80. The Kier molecular flexibility index (Phi) is 8.40. The zero-order chi connectivity index (χ0) is 15.7. The summed E-state index contributed by atoms with van der Waals surface area (Å²) in [5.41, 5.74) is 1.25. The van der Waals surface area contributed by atoms with Crippen LogP contribution in [0.4, 0.5) is 0 Å². The number of ether oxygens (including phenoxy) is 2. The first kappa shape index (κ1) is 18.0. The van der Waals surface area contributed by atoms with Crippen LogP contribution in [0.3, 0.4) is 0 Å². The van der Waals surface area contributed by atoms with Crippen molar-refractivity contribution in [3.05, 3.63) is 29.8 Å². The first-order valence-corrected chi connectivity index (χ1v) is 8.16. The van der Waals surface area contributed by atoms with Gasteiger partial charge in [-0.15, -0.1) is 0 Å². The summed E-state index contributed by atoms with van der Waals surface area (Å²) >= 11 is 0. The Hall–Kier alpha value is -1.06. The van der Waals surface area contributed by atoms with Crippen LogP contribution in [0, 0.1) is 5.92 Å². The number of rotatable bonds is 10. The van der Waals surface area contributed by atoms with E-state index >= 15 is 0 Å². The summed E-state index contributed by atoms with van der Waals surface area (Å²) < 4.78 is 11.6. The Bertz CT molecular complexity index is 375. The Morgan fingerprint density at radius 3 is 2.24 bits per heavy atom. The molecule has 3 nitrogen and oxygen atoms in total. The van der Waals surface area contributed by atoms with Crippen LogP contribution < -0.4 is 10.1 Å². The van der Waals surface area contributed by atoms with Gasteiger partial charge in [0.1, 0.15) is 5.75 Å². The van der Waals surface area contributed by atoms with Gasteiger partial charge in [0.05, 0.1) is 25.4 Å². The molecule has 0 bridgehead atoms. The van der Waals surface area contributed by atoms with E-state index in [9.17, 15) is 0 Å². The first-order chi connectivity index (χ1) is 10.1. The molecule has 0 aliphatic carbocycles. The number of likely N-dealkylation sites (N-methyl/N-ethyl adjacent to an activating group) is 1. The van der Waals surface area contributed by atoms with Gasteiger partial charge in [-0.05, 0) is 43.5 Å². The number of hydrogen-bond acceptors (Lipinski definition) is 3. The van der Waals surface area contributed by atoms with Crippen molar-refractivity contribution in [3.63, 3.8) is 0 Å². The SMILES string of the molecule is CCCOc1ccc(C(COC(C)C(C)C)NCC)cc1. The molecule has 0 aliphatic rings. The fourth-order valence-electron chi connectivity index (χ4n) is 1.98. The predicted molar refractivity (Wildman–Crippen MR) is 88.9 cm³/mol. The lowest BCUT2D eigenvalue weighted by molar-refractivity contribution is 0.0220. The first-order valence-electron chi connectivity index (χ1n) is 8.16. The summed E-state index contributed by atoms with van der Waals surface area (Å²) in [4.78, 5) is 0. The third-order valence-electron chi connectivity index (χ3n) is 3.67. The molecule has 0 amide bonds. The maximum atomic E-state index is 5.97. The highest BCUT2D eigenvalue weighted by Gasteiger charge is 2.14. The minimum atomic E-state index is 0.233. The average Bonchev–Trinajstić information content (AvgIpc) is 2.49. The zero-order valence-electron chi connectivity index (χ0n) is 14.2. The molecule has 0 aromatic heterocycles. The summed E-state index contributed by atoms with van der Waals surface area (Å²) in [6, 6.07) is 8.57. The molecule has 1 aromatic carbocycles.